The molecule has 1 aliphatic heterocycles. The van der Waals surface area contributed by atoms with Gasteiger partial charge in [0, 0.05) is 33.2 Å². The summed E-state index contributed by atoms with van der Waals surface area (Å²) < 4.78 is 31.0. The first-order chi connectivity index (χ1) is 11.9. The van der Waals surface area contributed by atoms with Crippen molar-refractivity contribution in [2.24, 2.45) is 0 Å². The molecule has 0 unspecified atom stereocenters. The number of amides is 1. The Morgan fingerprint density at radius 2 is 1.80 bits per heavy atom. The Balaban J connectivity index is 1.72. The molecule has 134 valence electrons. The molecule has 1 fully saturated rings. The molecule has 0 radical (unpaired) electrons. The normalized spacial score (nSPS) is 16.0. The van der Waals surface area contributed by atoms with Crippen LogP contribution in [0.5, 0.6) is 0 Å². The number of rotatable bonds is 4. The van der Waals surface area contributed by atoms with E-state index in [1.807, 2.05) is 0 Å². The minimum absolute atomic E-state index is 0.104. The molecule has 3 rings (SSSR count). The maximum atomic E-state index is 12.8. The van der Waals surface area contributed by atoms with Crippen molar-refractivity contribution >= 4 is 32.5 Å². The van der Waals surface area contributed by atoms with Crippen LogP contribution in [0.1, 0.15) is 16.1 Å². The number of nitrogens with one attached hydrogen (secondary N) is 1. The van der Waals surface area contributed by atoms with Crippen LogP contribution in [-0.2, 0) is 10.0 Å². The van der Waals surface area contributed by atoms with Crippen LogP contribution in [0.3, 0.4) is 0 Å². The van der Waals surface area contributed by atoms with E-state index >= 15 is 0 Å². The van der Waals surface area contributed by atoms with Crippen LogP contribution in [0.15, 0.2) is 35.2 Å². The molecule has 0 spiro atoms. The second-order valence-electron chi connectivity index (χ2n) is 5.73. The average molecular weight is 380 g/mol. The quantitative estimate of drug-likeness (QED) is 0.872. The zero-order valence-corrected chi connectivity index (χ0v) is 15.7. The van der Waals surface area contributed by atoms with Gasteiger partial charge in [-0.2, -0.15) is 8.68 Å². The smallest absolute Gasteiger partial charge is 0.258 e. The molecule has 1 amide bonds. The van der Waals surface area contributed by atoms with Gasteiger partial charge >= 0.3 is 0 Å². The molecular formula is C16H20N4O3S2. The van der Waals surface area contributed by atoms with E-state index in [2.05, 4.69) is 9.69 Å². The number of hydrogen-bond acceptors (Lipinski definition) is 6. The van der Waals surface area contributed by atoms with Crippen LogP contribution >= 0.6 is 11.5 Å². The van der Waals surface area contributed by atoms with E-state index in [1.54, 1.807) is 49.2 Å². The maximum Gasteiger partial charge on any atom is 0.258 e. The minimum Gasteiger partial charge on any atom is -0.378 e. The van der Waals surface area contributed by atoms with Crippen LogP contribution in [-0.4, -0.2) is 61.1 Å². The Bertz CT molecular complexity index is 857. The van der Waals surface area contributed by atoms with Crippen molar-refractivity contribution in [1.82, 2.24) is 13.6 Å². The molecule has 0 bridgehead atoms. The van der Waals surface area contributed by atoms with Gasteiger partial charge in [0.2, 0.25) is 10.0 Å². The number of aromatic nitrogens is 1. The number of anilines is 1. The zero-order valence-electron chi connectivity index (χ0n) is 14.1. The number of carbonyl (C=O) groups excluding carboxylic acids is 1. The van der Waals surface area contributed by atoms with Crippen LogP contribution in [0, 0.1) is 6.92 Å². The topological polar surface area (TPSA) is 82.6 Å². The van der Waals surface area contributed by atoms with E-state index in [9.17, 15) is 13.2 Å². The largest absolute Gasteiger partial charge is 0.378 e. The maximum absolute atomic E-state index is 12.8. The molecule has 1 N–H and O–H groups in total. The van der Waals surface area contributed by atoms with Crippen LogP contribution in [0.2, 0.25) is 0 Å². The lowest BCUT2D eigenvalue weighted by molar-refractivity contribution is 0.0698. The summed E-state index contributed by atoms with van der Waals surface area (Å²) in [6.45, 7) is 3.11. The summed E-state index contributed by atoms with van der Waals surface area (Å²) in [4.78, 5) is 14.7. The molecule has 1 aliphatic rings. The van der Waals surface area contributed by atoms with Gasteiger partial charge < -0.3 is 10.2 Å². The molecule has 1 aromatic carbocycles. The summed E-state index contributed by atoms with van der Waals surface area (Å²) >= 11 is 1.26. The highest BCUT2D eigenvalue weighted by Gasteiger charge is 2.32. The van der Waals surface area contributed by atoms with Gasteiger partial charge in [-0.05, 0) is 30.6 Å². The molecule has 0 atom stereocenters. The van der Waals surface area contributed by atoms with E-state index in [4.69, 9.17) is 0 Å². The first-order valence-electron chi connectivity index (χ1n) is 7.93. The highest BCUT2D eigenvalue weighted by molar-refractivity contribution is 7.89. The van der Waals surface area contributed by atoms with Crippen molar-refractivity contribution in [3.05, 3.63) is 41.6 Å². The molecule has 1 aromatic heterocycles. The number of piperazine rings is 1. The van der Waals surface area contributed by atoms with Gasteiger partial charge in [-0.15, -0.1) is 0 Å². The molecule has 7 nitrogen and oxygen atoms in total. The number of hydrogen-bond donors (Lipinski definition) is 1. The molecular weight excluding hydrogens is 360 g/mol. The molecule has 1 saturated heterocycles. The SMILES string of the molecule is CNc1snc(C)c1C(=O)N1CCN(S(=O)(=O)c2ccccc2)CC1. The van der Waals surface area contributed by atoms with Crippen LogP contribution in [0.25, 0.3) is 0 Å². The standard InChI is InChI=1S/C16H20N4O3S2/c1-12-14(15(17-2)24-18-12)16(21)19-8-10-20(11-9-19)25(22,23)13-6-4-3-5-7-13/h3-7,17H,8-11H2,1-2H3. The Hall–Kier alpha value is -1.97. The van der Waals surface area contributed by atoms with Crippen molar-refractivity contribution in [2.45, 2.75) is 11.8 Å². The summed E-state index contributed by atoms with van der Waals surface area (Å²) in [5.41, 5.74) is 1.27. The second-order valence-corrected chi connectivity index (χ2v) is 8.44. The number of sulfonamides is 1. The van der Waals surface area contributed by atoms with Gasteiger partial charge in [-0.25, -0.2) is 8.42 Å². The third-order valence-corrected chi connectivity index (χ3v) is 7.08. The fraction of sp³-hybridized carbons (Fsp3) is 0.375. The lowest BCUT2D eigenvalue weighted by Gasteiger charge is -2.34. The lowest BCUT2D eigenvalue weighted by atomic mass is 10.2. The summed E-state index contributed by atoms with van der Waals surface area (Å²) in [7, 11) is -1.76. The summed E-state index contributed by atoms with van der Waals surface area (Å²) in [5.74, 6) is -0.104. The van der Waals surface area contributed by atoms with E-state index in [0.29, 0.717) is 24.3 Å². The van der Waals surface area contributed by atoms with Crippen molar-refractivity contribution < 1.29 is 13.2 Å². The highest BCUT2D eigenvalue weighted by Crippen LogP contribution is 2.26. The van der Waals surface area contributed by atoms with Gasteiger partial charge in [0.05, 0.1) is 16.2 Å². The highest BCUT2D eigenvalue weighted by atomic mass is 32.2. The third kappa shape index (κ3) is 3.39. The van der Waals surface area contributed by atoms with Gasteiger partial charge in [0.15, 0.2) is 0 Å². The van der Waals surface area contributed by atoms with Gasteiger partial charge in [0.25, 0.3) is 5.91 Å². The predicted octanol–water partition coefficient (Wildman–Crippen LogP) is 1.64. The van der Waals surface area contributed by atoms with Gasteiger partial charge in [-0.3, -0.25) is 4.79 Å². The van der Waals surface area contributed by atoms with E-state index in [0.717, 1.165) is 5.00 Å². The first kappa shape index (κ1) is 17.8. The number of benzene rings is 1. The molecule has 0 saturated carbocycles. The molecule has 2 aromatic rings. The molecule has 0 aliphatic carbocycles. The van der Waals surface area contributed by atoms with E-state index in [-0.39, 0.29) is 23.9 Å². The second kappa shape index (κ2) is 7.11. The molecule has 25 heavy (non-hydrogen) atoms. The number of carbonyl (C=O) groups is 1. The predicted molar refractivity (Wildman–Crippen MR) is 97.5 cm³/mol. The monoisotopic (exact) mass is 380 g/mol. The Morgan fingerprint density at radius 1 is 1.16 bits per heavy atom. The fourth-order valence-electron chi connectivity index (χ4n) is 2.82. The first-order valence-corrected chi connectivity index (χ1v) is 10.1. The Labute approximate surface area is 151 Å². The number of aryl methyl sites for hydroxylation is 1. The number of nitrogens with zero attached hydrogens (tertiary/aromatic N) is 3. The summed E-state index contributed by atoms with van der Waals surface area (Å²) in [5, 5.41) is 3.73. The third-order valence-electron chi connectivity index (χ3n) is 4.21. The van der Waals surface area contributed by atoms with Crippen molar-refractivity contribution in [3.63, 3.8) is 0 Å². The van der Waals surface area contributed by atoms with E-state index < -0.39 is 10.0 Å². The zero-order chi connectivity index (χ0) is 18.0. The van der Waals surface area contributed by atoms with Crippen LogP contribution < -0.4 is 5.32 Å². The summed E-state index contributed by atoms with van der Waals surface area (Å²) in [6, 6.07) is 8.38. The van der Waals surface area contributed by atoms with Gasteiger partial charge in [-0.1, -0.05) is 18.2 Å². The van der Waals surface area contributed by atoms with Gasteiger partial charge in [0.1, 0.15) is 5.00 Å². The molecule has 2 heterocycles. The Kier molecular flexibility index (Phi) is 5.07. The minimum atomic E-state index is -3.51. The van der Waals surface area contributed by atoms with E-state index in [1.165, 1.54) is 15.8 Å². The average Bonchev–Trinajstić information content (AvgIpc) is 3.02. The summed E-state index contributed by atoms with van der Waals surface area (Å²) in [6.07, 6.45) is 0. The van der Waals surface area contributed by atoms with Crippen LogP contribution in [0.4, 0.5) is 5.00 Å². The fourth-order valence-corrected chi connectivity index (χ4v) is 5.00. The van der Waals surface area contributed by atoms with Crippen molar-refractivity contribution in [2.75, 3.05) is 38.5 Å². The molecule has 9 heteroatoms. The van der Waals surface area contributed by atoms with Crippen molar-refractivity contribution in [3.8, 4) is 0 Å². The van der Waals surface area contributed by atoms with Crippen molar-refractivity contribution in [1.29, 1.82) is 0 Å². The lowest BCUT2D eigenvalue weighted by Crippen LogP contribution is -2.50. The Morgan fingerprint density at radius 3 is 2.40 bits per heavy atom.